The zero-order valence-corrected chi connectivity index (χ0v) is 12.3. The van der Waals surface area contributed by atoms with E-state index in [-0.39, 0.29) is 37.4 Å². The first-order valence-electron chi connectivity index (χ1n) is 6.80. The summed E-state index contributed by atoms with van der Waals surface area (Å²) in [7, 11) is 0. The summed E-state index contributed by atoms with van der Waals surface area (Å²) in [5.41, 5.74) is 0. The molecular formula is C13H24N2O5. The Morgan fingerprint density at radius 3 is 2.40 bits per heavy atom. The van der Waals surface area contributed by atoms with Crippen LogP contribution in [0.2, 0.25) is 0 Å². The van der Waals surface area contributed by atoms with E-state index in [4.69, 9.17) is 9.84 Å². The number of amides is 2. The summed E-state index contributed by atoms with van der Waals surface area (Å²) in [6.07, 6.45) is 0.554. The number of aliphatic carboxylic acids is 1. The van der Waals surface area contributed by atoms with E-state index in [2.05, 4.69) is 5.32 Å². The average molecular weight is 288 g/mol. The Morgan fingerprint density at radius 1 is 1.25 bits per heavy atom. The molecule has 116 valence electrons. The molecule has 0 aliphatic carbocycles. The maximum absolute atomic E-state index is 11.9. The summed E-state index contributed by atoms with van der Waals surface area (Å²) in [5, 5.41) is 11.2. The molecule has 20 heavy (non-hydrogen) atoms. The van der Waals surface area contributed by atoms with Gasteiger partial charge < -0.3 is 20.1 Å². The molecule has 0 aliphatic heterocycles. The van der Waals surface area contributed by atoms with Gasteiger partial charge in [0.2, 0.25) is 0 Å². The van der Waals surface area contributed by atoms with Crippen LogP contribution in [0.15, 0.2) is 0 Å². The number of rotatable bonds is 9. The number of carboxylic acids is 1. The third kappa shape index (κ3) is 8.34. The molecule has 7 nitrogen and oxygen atoms in total. The Kier molecular flexibility index (Phi) is 9.15. The molecular weight excluding hydrogens is 264 g/mol. The maximum atomic E-state index is 11.9. The minimum absolute atomic E-state index is 0.0271. The van der Waals surface area contributed by atoms with E-state index in [1.54, 1.807) is 11.8 Å². The number of urea groups is 1. The van der Waals surface area contributed by atoms with Crippen LogP contribution in [-0.2, 0) is 14.3 Å². The van der Waals surface area contributed by atoms with E-state index in [9.17, 15) is 14.4 Å². The van der Waals surface area contributed by atoms with Crippen LogP contribution >= 0.6 is 0 Å². The fourth-order valence-corrected chi connectivity index (χ4v) is 1.60. The lowest BCUT2D eigenvalue weighted by Crippen LogP contribution is -2.45. The highest BCUT2D eigenvalue weighted by Crippen LogP contribution is 2.02. The maximum Gasteiger partial charge on any atom is 0.317 e. The summed E-state index contributed by atoms with van der Waals surface area (Å²) in [6, 6.07) is -0.332. The number of nitrogens with one attached hydrogen (secondary N) is 1. The number of carbonyl (C=O) groups excluding carboxylic acids is 2. The second kappa shape index (κ2) is 10.1. The fourth-order valence-electron chi connectivity index (χ4n) is 1.60. The molecule has 0 atom stereocenters. The largest absolute Gasteiger partial charge is 0.481 e. The van der Waals surface area contributed by atoms with Crippen molar-refractivity contribution in [3.8, 4) is 0 Å². The van der Waals surface area contributed by atoms with Crippen molar-refractivity contribution < 1.29 is 24.2 Å². The molecule has 0 heterocycles. The van der Waals surface area contributed by atoms with Crippen LogP contribution in [0, 0.1) is 0 Å². The van der Waals surface area contributed by atoms with E-state index in [1.165, 1.54) is 0 Å². The minimum atomic E-state index is -0.878. The number of carbonyl (C=O) groups is 3. The SMILES string of the molecule is CCOC(=O)CCNC(=O)N(CCCC(=O)O)C(C)C. The van der Waals surface area contributed by atoms with Crippen molar-refractivity contribution in [2.45, 2.75) is 46.1 Å². The lowest BCUT2D eigenvalue weighted by Gasteiger charge is -2.26. The lowest BCUT2D eigenvalue weighted by molar-refractivity contribution is -0.143. The van der Waals surface area contributed by atoms with E-state index in [1.807, 2.05) is 13.8 Å². The highest BCUT2D eigenvalue weighted by molar-refractivity contribution is 5.76. The van der Waals surface area contributed by atoms with E-state index in [0.717, 1.165) is 0 Å². The van der Waals surface area contributed by atoms with Gasteiger partial charge in [-0.15, -0.1) is 0 Å². The van der Waals surface area contributed by atoms with Crippen molar-refractivity contribution in [2.24, 2.45) is 0 Å². The van der Waals surface area contributed by atoms with Crippen LogP contribution < -0.4 is 5.32 Å². The van der Waals surface area contributed by atoms with Crippen molar-refractivity contribution in [1.29, 1.82) is 0 Å². The van der Waals surface area contributed by atoms with Gasteiger partial charge in [-0.25, -0.2) is 4.79 Å². The summed E-state index contributed by atoms with van der Waals surface area (Å²) in [5.74, 6) is -1.23. The molecule has 0 saturated heterocycles. The monoisotopic (exact) mass is 288 g/mol. The van der Waals surface area contributed by atoms with Crippen molar-refractivity contribution in [3.05, 3.63) is 0 Å². The van der Waals surface area contributed by atoms with Crippen LogP contribution in [-0.4, -0.2) is 53.7 Å². The Bertz CT molecular complexity index is 331. The molecule has 0 fully saturated rings. The van der Waals surface area contributed by atoms with Crippen LogP contribution in [0.3, 0.4) is 0 Å². The third-order valence-corrected chi connectivity index (χ3v) is 2.58. The predicted molar refractivity (Wildman–Crippen MR) is 73.4 cm³/mol. The quantitative estimate of drug-likeness (QED) is 0.622. The highest BCUT2D eigenvalue weighted by Gasteiger charge is 2.16. The summed E-state index contributed by atoms with van der Waals surface area (Å²) in [6.45, 7) is 6.33. The van der Waals surface area contributed by atoms with Gasteiger partial charge in [0, 0.05) is 25.6 Å². The first kappa shape index (κ1) is 18.2. The third-order valence-electron chi connectivity index (χ3n) is 2.58. The van der Waals surface area contributed by atoms with Gasteiger partial charge in [-0.1, -0.05) is 0 Å². The second-order valence-corrected chi connectivity index (χ2v) is 4.57. The standard InChI is InChI=1S/C13H24N2O5/c1-4-20-12(18)7-8-14-13(19)15(10(2)3)9-5-6-11(16)17/h10H,4-9H2,1-3H3,(H,14,19)(H,16,17). The number of carboxylic acid groups (broad SMARTS) is 1. The number of ether oxygens (including phenoxy) is 1. The number of hydrogen-bond acceptors (Lipinski definition) is 4. The van der Waals surface area contributed by atoms with Gasteiger partial charge in [0.1, 0.15) is 0 Å². The van der Waals surface area contributed by atoms with Gasteiger partial charge in [0.25, 0.3) is 0 Å². The average Bonchev–Trinajstić information content (AvgIpc) is 2.33. The van der Waals surface area contributed by atoms with Crippen LogP contribution in [0.1, 0.15) is 40.0 Å². The van der Waals surface area contributed by atoms with Crippen LogP contribution in [0.4, 0.5) is 4.79 Å². The van der Waals surface area contributed by atoms with Crippen molar-refractivity contribution >= 4 is 18.0 Å². The van der Waals surface area contributed by atoms with Gasteiger partial charge in [-0.3, -0.25) is 9.59 Å². The molecule has 0 aliphatic rings. The fraction of sp³-hybridized carbons (Fsp3) is 0.769. The summed E-state index contributed by atoms with van der Waals surface area (Å²) >= 11 is 0. The molecule has 7 heteroatoms. The first-order chi connectivity index (χ1) is 9.38. The van der Waals surface area contributed by atoms with Gasteiger partial charge in [-0.2, -0.15) is 0 Å². The van der Waals surface area contributed by atoms with Crippen molar-refractivity contribution in [2.75, 3.05) is 19.7 Å². The summed E-state index contributed by atoms with van der Waals surface area (Å²) < 4.78 is 4.75. The van der Waals surface area contributed by atoms with E-state index < -0.39 is 5.97 Å². The number of esters is 1. The van der Waals surface area contributed by atoms with Gasteiger partial charge >= 0.3 is 18.0 Å². The number of hydrogen-bond donors (Lipinski definition) is 2. The van der Waals surface area contributed by atoms with Crippen molar-refractivity contribution in [3.63, 3.8) is 0 Å². The van der Waals surface area contributed by atoms with E-state index >= 15 is 0 Å². The number of nitrogens with zero attached hydrogens (tertiary/aromatic N) is 1. The molecule has 0 bridgehead atoms. The molecule has 0 spiro atoms. The topological polar surface area (TPSA) is 95.9 Å². The second-order valence-electron chi connectivity index (χ2n) is 4.57. The molecule has 0 rings (SSSR count). The lowest BCUT2D eigenvalue weighted by atomic mass is 10.2. The summed E-state index contributed by atoms with van der Waals surface area (Å²) in [4.78, 5) is 35.0. The Hall–Kier alpha value is -1.79. The molecule has 0 aromatic heterocycles. The first-order valence-corrected chi connectivity index (χ1v) is 6.80. The Labute approximate surface area is 119 Å². The normalized spacial score (nSPS) is 10.2. The van der Waals surface area contributed by atoms with Crippen molar-refractivity contribution in [1.82, 2.24) is 10.2 Å². The molecule has 0 aromatic rings. The minimum Gasteiger partial charge on any atom is -0.481 e. The smallest absolute Gasteiger partial charge is 0.317 e. The van der Waals surface area contributed by atoms with Crippen LogP contribution in [0.25, 0.3) is 0 Å². The highest BCUT2D eigenvalue weighted by atomic mass is 16.5. The molecule has 0 saturated carbocycles. The molecule has 0 radical (unpaired) electrons. The Balaban J connectivity index is 4.09. The molecule has 0 aromatic carbocycles. The van der Waals surface area contributed by atoms with E-state index in [0.29, 0.717) is 19.6 Å². The predicted octanol–water partition coefficient (Wildman–Crippen LogP) is 1.22. The zero-order chi connectivity index (χ0) is 15.5. The van der Waals surface area contributed by atoms with Crippen LogP contribution in [0.5, 0.6) is 0 Å². The van der Waals surface area contributed by atoms with Gasteiger partial charge in [-0.05, 0) is 27.2 Å². The molecule has 2 N–H and O–H groups in total. The molecule has 0 unspecified atom stereocenters. The van der Waals surface area contributed by atoms with Gasteiger partial charge in [0.05, 0.1) is 13.0 Å². The zero-order valence-electron chi connectivity index (χ0n) is 12.3. The molecule has 2 amide bonds. The Morgan fingerprint density at radius 2 is 1.90 bits per heavy atom. The van der Waals surface area contributed by atoms with Gasteiger partial charge in [0.15, 0.2) is 0 Å².